The Hall–Kier alpha value is -1.59. The maximum Gasteiger partial charge on any atom is 0.252 e. The average molecular weight is 266 g/mol. The molecule has 1 aromatic rings. The van der Waals surface area contributed by atoms with Crippen LogP contribution in [0.2, 0.25) is 0 Å². The molecule has 0 aliphatic carbocycles. The quantitative estimate of drug-likeness (QED) is 0.772. The molecular weight excluding hydrogens is 244 g/mol. The van der Waals surface area contributed by atoms with E-state index in [0.29, 0.717) is 19.7 Å². The minimum Gasteiger partial charge on any atom is -0.497 e. The van der Waals surface area contributed by atoms with E-state index in [-0.39, 0.29) is 12.5 Å². The number of carbonyl (C=O) groups excluding carboxylic acids is 1. The van der Waals surface area contributed by atoms with Crippen LogP contribution in [0.4, 0.5) is 5.69 Å². The number of anilines is 1. The fourth-order valence-corrected chi connectivity index (χ4v) is 1.68. The van der Waals surface area contributed by atoms with Crippen molar-refractivity contribution in [1.29, 1.82) is 0 Å². The van der Waals surface area contributed by atoms with E-state index in [2.05, 4.69) is 0 Å². The zero-order chi connectivity index (χ0) is 14.1. The number of amides is 1. The molecule has 5 heteroatoms. The van der Waals surface area contributed by atoms with Gasteiger partial charge in [0.1, 0.15) is 12.4 Å². The molecule has 1 rings (SSSR count). The summed E-state index contributed by atoms with van der Waals surface area (Å²) in [5.41, 5.74) is 6.34. The number of benzene rings is 1. The monoisotopic (exact) mass is 266 g/mol. The number of methoxy groups -OCH3 is 1. The molecule has 0 saturated heterocycles. The van der Waals surface area contributed by atoms with Crippen molar-refractivity contribution in [1.82, 2.24) is 0 Å². The van der Waals surface area contributed by atoms with Crippen LogP contribution in [0.3, 0.4) is 0 Å². The summed E-state index contributed by atoms with van der Waals surface area (Å²) < 4.78 is 10.3. The maximum absolute atomic E-state index is 12.1. The predicted molar refractivity (Wildman–Crippen MR) is 75.5 cm³/mol. The van der Waals surface area contributed by atoms with Gasteiger partial charge in [-0.05, 0) is 44.2 Å². The Morgan fingerprint density at radius 2 is 2.00 bits per heavy atom. The lowest BCUT2D eigenvalue weighted by Gasteiger charge is -2.22. The third-order valence-corrected chi connectivity index (χ3v) is 2.70. The van der Waals surface area contributed by atoms with Crippen LogP contribution in [0, 0.1) is 0 Å². The molecule has 0 saturated carbocycles. The van der Waals surface area contributed by atoms with Crippen molar-refractivity contribution in [3.8, 4) is 5.75 Å². The first-order valence-electron chi connectivity index (χ1n) is 6.45. The second kappa shape index (κ2) is 8.50. The maximum atomic E-state index is 12.1. The van der Waals surface area contributed by atoms with Crippen molar-refractivity contribution in [3.05, 3.63) is 24.3 Å². The Labute approximate surface area is 114 Å². The first kappa shape index (κ1) is 15.5. The van der Waals surface area contributed by atoms with Gasteiger partial charge in [-0.2, -0.15) is 0 Å². The second-order valence-electron chi connectivity index (χ2n) is 4.02. The normalized spacial score (nSPS) is 10.3. The van der Waals surface area contributed by atoms with Crippen molar-refractivity contribution in [2.75, 3.05) is 38.3 Å². The second-order valence-corrected chi connectivity index (χ2v) is 4.02. The van der Waals surface area contributed by atoms with Crippen LogP contribution in [0.15, 0.2) is 24.3 Å². The highest BCUT2D eigenvalue weighted by Gasteiger charge is 2.15. The van der Waals surface area contributed by atoms with Gasteiger partial charge in [0.25, 0.3) is 5.91 Å². The van der Waals surface area contributed by atoms with Crippen molar-refractivity contribution in [2.45, 2.75) is 13.3 Å². The Bertz CT molecular complexity index is 379. The largest absolute Gasteiger partial charge is 0.497 e. The molecule has 0 spiro atoms. The van der Waals surface area contributed by atoms with Crippen LogP contribution < -0.4 is 15.4 Å². The Balaban J connectivity index is 2.78. The molecule has 1 amide bonds. The predicted octanol–water partition coefficient (Wildman–Crippen LogP) is 1.41. The average Bonchev–Trinajstić information content (AvgIpc) is 2.46. The van der Waals surface area contributed by atoms with Gasteiger partial charge < -0.3 is 20.1 Å². The van der Waals surface area contributed by atoms with Gasteiger partial charge in [0, 0.05) is 18.8 Å². The lowest BCUT2D eigenvalue weighted by atomic mass is 10.2. The van der Waals surface area contributed by atoms with Gasteiger partial charge in [-0.1, -0.05) is 0 Å². The number of ether oxygens (including phenoxy) is 2. The molecule has 106 valence electrons. The van der Waals surface area contributed by atoms with Gasteiger partial charge in [0.15, 0.2) is 0 Å². The Morgan fingerprint density at radius 3 is 2.53 bits per heavy atom. The molecule has 1 aromatic carbocycles. The van der Waals surface area contributed by atoms with Crippen LogP contribution in [0.5, 0.6) is 5.75 Å². The molecule has 5 nitrogen and oxygen atoms in total. The number of hydrogen-bond donors (Lipinski definition) is 1. The van der Waals surface area contributed by atoms with E-state index in [0.717, 1.165) is 17.9 Å². The van der Waals surface area contributed by atoms with E-state index >= 15 is 0 Å². The lowest BCUT2D eigenvalue weighted by molar-refractivity contribution is -0.122. The molecule has 19 heavy (non-hydrogen) atoms. The van der Waals surface area contributed by atoms with E-state index in [1.807, 2.05) is 31.2 Å². The van der Waals surface area contributed by atoms with Crippen LogP contribution in [0.25, 0.3) is 0 Å². The molecule has 0 aliphatic heterocycles. The molecule has 0 radical (unpaired) electrons. The fourth-order valence-electron chi connectivity index (χ4n) is 1.68. The molecule has 0 aliphatic rings. The summed E-state index contributed by atoms with van der Waals surface area (Å²) in [6, 6.07) is 7.38. The molecule has 0 aromatic heterocycles. The number of carbonyl (C=O) groups is 1. The van der Waals surface area contributed by atoms with E-state index in [1.165, 1.54) is 0 Å². The first-order chi connectivity index (χ1) is 9.22. The topological polar surface area (TPSA) is 64.8 Å². The minimum absolute atomic E-state index is 0.0551. The van der Waals surface area contributed by atoms with Gasteiger partial charge in [0.05, 0.1) is 7.11 Å². The van der Waals surface area contributed by atoms with Crippen molar-refractivity contribution in [3.63, 3.8) is 0 Å². The molecule has 0 heterocycles. The smallest absolute Gasteiger partial charge is 0.252 e. The molecule has 0 bridgehead atoms. The van der Waals surface area contributed by atoms with Gasteiger partial charge >= 0.3 is 0 Å². The number of nitrogens with two attached hydrogens (primary N) is 1. The zero-order valence-corrected chi connectivity index (χ0v) is 11.6. The highest BCUT2D eigenvalue weighted by Crippen LogP contribution is 2.19. The van der Waals surface area contributed by atoms with E-state index < -0.39 is 0 Å². The molecular formula is C14H22N2O3. The summed E-state index contributed by atoms with van der Waals surface area (Å²) in [4.78, 5) is 13.8. The Morgan fingerprint density at radius 1 is 1.32 bits per heavy atom. The van der Waals surface area contributed by atoms with E-state index in [4.69, 9.17) is 15.2 Å². The number of hydrogen-bond acceptors (Lipinski definition) is 4. The van der Waals surface area contributed by atoms with E-state index in [1.54, 1.807) is 12.0 Å². The van der Waals surface area contributed by atoms with Crippen molar-refractivity contribution < 1.29 is 14.3 Å². The van der Waals surface area contributed by atoms with Crippen LogP contribution in [-0.2, 0) is 9.53 Å². The van der Waals surface area contributed by atoms with Gasteiger partial charge in [0.2, 0.25) is 0 Å². The first-order valence-corrected chi connectivity index (χ1v) is 6.45. The van der Waals surface area contributed by atoms with Crippen molar-refractivity contribution in [2.24, 2.45) is 5.73 Å². The Kier molecular flexibility index (Phi) is 6.92. The van der Waals surface area contributed by atoms with Gasteiger partial charge in [-0.15, -0.1) is 0 Å². The highest BCUT2D eigenvalue weighted by molar-refractivity contribution is 5.94. The SMILES string of the molecule is CCOCC(=O)N(CCCN)c1ccc(OC)cc1. The summed E-state index contributed by atoms with van der Waals surface area (Å²) in [7, 11) is 1.61. The minimum atomic E-state index is -0.0551. The molecule has 0 fully saturated rings. The molecule has 2 N–H and O–H groups in total. The lowest BCUT2D eigenvalue weighted by Crippen LogP contribution is -2.35. The molecule has 0 atom stereocenters. The summed E-state index contributed by atoms with van der Waals surface area (Å²) in [6.07, 6.45) is 0.754. The standard InChI is InChI=1S/C14H22N2O3/c1-3-19-11-14(17)16(10-4-9-15)12-5-7-13(18-2)8-6-12/h5-8H,3-4,9-11,15H2,1-2H3. The third kappa shape index (κ3) is 4.89. The summed E-state index contributed by atoms with van der Waals surface area (Å²) >= 11 is 0. The van der Waals surface area contributed by atoms with Gasteiger partial charge in [-0.3, -0.25) is 4.79 Å². The summed E-state index contributed by atoms with van der Waals surface area (Å²) in [5.74, 6) is 0.709. The van der Waals surface area contributed by atoms with E-state index in [9.17, 15) is 4.79 Å². The fraction of sp³-hybridized carbons (Fsp3) is 0.500. The van der Waals surface area contributed by atoms with Crippen LogP contribution >= 0.6 is 0 Å². The number of rotatable bonds is 8. The highest BCUT2D eigenvalue weighted by atomic mass is 16.5. The molecule has 0 unspecified atom stereocenters. The summed E-state index contributed by atoms with van der Waals surface area (Å²) in [6.45, 7) is 3.63. The van der Waals surface area contributed by atoms with Crippen LogP contribution in [0.1, 0.15) is 13.3 Å². The van der Waals surface area contributed by atoms with Gasteiger partial charge in [-0.25, -0.2) is 0 Å². The zero-order valence-electron chi connectivity index (χ0n) is 11.6. The van der Waals surface area contributed by atoms with Crippen molar-refractivity contribution >= 4 is 11.6 Å². The van der Waals surface area contributed by atoms with Crippen LogP contribution in [-0.4, -0.2) is 39.3 Å². The third-order valence-electron chi connectivity index (χ3n) is 2.70. The number of nitrogens with zero attached hydrogens (tertiary/aromatic N) is 1. The summed E-state index contributed by atoms with van der Waals surface area (Å²) in [5, 5.41) is 0.